The van der Waals surface area contributed by atoms with Gasteiger partial charge in [-0.2, -0.15) is 0 Å². The molecule has 2 aliphatic rings. The van der Waals surface area contributed by atoms with Gasteiger partial charge < -0.3 is 10.5 Å². The lowest BCUT2D eigenvalue weighted by Crippen LogP contribution is -2.35. The Balaban J connectivity index is 1.85. The molecule has 1 heterocycles. The summed E-state index contributed by atoms with van der Waals surface area (Å²) in [6, 6.07) is 8.41. The summed E-state index contributed by atoms with van der Waals surface area (Å²) < 4.78 is 6.03. The third-order valence-electron chi connectivity index (χ3n) is 4.21. The van der Waals surface area contributed by atoms with Crippen LogP contribution >= 0.6 is 0 Å². The maximum absolute atomic E-state index is 11.2. The van der Waals surface area contributed by atoms with Gasteiger partial charge in [0.05, 0.1) is 12.2 Å². The third kappa shape index (κ3) is 1.65. The van der Waals surface area contributed by atoms with Gasteiger partial charge in [-0.05, 0) is 36.8 Å². The summed E-state index contributed by atoms with van der Waals surface area (Å²) in [5.74, 6) is -0.122. The van der Waals surface area contributed by atoms with Gasteiger partial charge in [0, 0.05) is 5.92 Å². The van der Waals surface area contributed by atoms with E-state index in [2.05, 4.69) is 24.3 Å². The average molecular weight is 231 g/mol. The largest absolute Gasteiger partial charge is 0.369 e. The SMILES string of the molecule is NC(=O)C1CCC2(CC1)OCc1ccccc12. The molecule has 1 aromatic rings. The Labute approximate surface area is 101 Å². The van der Waals surface area contributed by atoms with E-state index in [-0.39, 0.29) is 17.4 Å². The summed E-state index contributed by atoms with van der Waals surface area (Å²) >= 11 is 0. The quantitative estimate of drug-likeness (QED) is 0.804. The van der Waals surface area contributed by atoms with Crippen LogP contribution in [0.1, 0.15) is 36.8 Å². The van der Waals surface area contributed by atoms with E-state index < -0.39 is 0 Å². The van der Waals surface area contributed by atoms with Gasteiger partial charge >= 0.3 is 0 Å². The minimum absolute atomic E-state index is 0.0389. The van der Waals surface area contributed by atoms with Gasteiger partial charge in [0.1, 0.15) is 0 Å². The molecule has 1 aromatic carbocycles. The fourth-order valence-corrected chi connectivity index (χ4v) is 3.17. The zero-order valence-electron chi connectivity index (χ0n) is 9.82. The van der Waals surface area contributed by atoms with Crippen LogP contribution in [0.25, 0.3) is 0 Å². The van der Waals surface area contributed by atoms with E-state index in [1.165, 1.54) is 11.1 Å². The van der Waals surface area contributed by atoms with Crippen LogP contribution in [0.5, 0.6) is 0 Å². The number of primary amides is 1. The summed E-state index contributed by atoms with van der Waals surface area (Å²) in [5.41, 5.74) is 7.85. The summed E-state index contributed by atoms with van der Waals surface area (Å²) in [6.07, 6.45) is 3.53. The first-order valence-electron chi connectivity index (χ1n) is 6.23. The number of amides is 1. The zero-order chi connectivity index (χ0) is 11.9. The zero-order valence-corrected chi connectivity index (χ0v) is 9.82. The Bertz CT molecular complexity index is 447. The molecule has 1 aliphatic carbocycles. The fraction of sp³-hybridized carbons (Fsp3) is 0.500. The molecule has 1 amide bonds. The number of rotatable bonds is 1. The molecular formula is C14H17NO2. The van der Waals surface area contributed by atoms with Crippen molar-refractivity contribution in [1.29, 1.82) is 0 Å². The Morgan fingerprint density at radius 3 is 2.71 bits per heavy atom. The lowest BCUT2D eigenvalue weighted by molar-refractivity contribution is -0.126. The lowest BCUT2D eigenvalue weighted by atomic mass is 9.75. The number of hydrogen-bond donors (Lipinski definition) is 1. The Hall–Kier alpha value is -1.35. The number of benzene rings is 1. The average Bonchev–Trinajstić information content (AvgIpc) is 2.70. The Morgan fingerprint density at radius 1 is 1.29 bits per heavy atom. The minimum atomic E-state index is -0.161. The van der Waals surface area contributed by atoms with Gasteiger partial charge in [0.25, 0.3) is 0 Å². The standard InChI is InChI=1S/C14H17NO2/c15-13(16)10-5-7-14(8-6-10)12-4-2-1-3-11(12)9-17-14/h1-4,10H,5-9H2,(H2,15,16). The van der Waals surface area contributed by atoms with Gasteiger partial charge in [0.15, 0.2) is 0 Å². The van der Waals surface area contributed by atoms with Crippen LogP contribution < -0.4 is 5.73 Å². The van der Waals surface area contributed by atoms with Gasteiger partial charge in [-0.15, -0.1) is 0 Å². The number of hydrogen-bond acceptors (Lipinski definition) is 2. The molecule has 0 bridgehead atoms. The lowest BCUT2D eigenvalue weighted by Gasteiger charge is -2.36. The van der Waals surface area contributed by atoms with Crippen molar-refractivity contribution in [1.82, 2.24) is 0 Å². The van der Waals surface area contributed by atoms with Crippen LogP contribution in [-0.2, 0) is 21.7 Å². The topological polar surface area (TPSA) is 52.3 Å². The fourth-order valence-electron chi connectivity index (χ4n) is 3.17. The maximum Gasteiger partial charge on any atom is 0.220 e. The number of carbonyl (C=O) groups is 1. The van der Waals surface area contributed by atoms with E-state index in [1.54, 1.807) is 0 Å². The molecular weight excluding hydrogens is 214 g/mol. The molecule has 3 rings (SSSR count). The molecule has 1 fully saturated rings. The minimum Gasteiger partial charge on any atom is -0.369 e. The summed E-state index contributed by atoms with van der Waals surface area (Å²) in [7, 11) is 0. The first kappa shape index (κ1) is 10.8. The summed E-state index contributed by atoms with van der Waals surface area (Å²) in [6.45, 7) is 0.706. The van der Waals surface area contributed by atoms with E-state index in [9.17, 15) is 4.79 Å². The molecule has 0 unspecified atom stereocenters. The Morgan fingerprint density at radius 2 is 2.00 bits per heavy atom. The predicted octanol–water partition coefficient (Wildman–Crippen LogP) is 2.09. The highest BCUT2D eigenvalue weighted by molar-refractivity contribution is 5.76. The molecule has 0 radical (unpaired) electrons. The molecule has 1 aliphatic heterocycles. The second-order valence-electron chi connectivity index (χ2n) is 5.12. The molecule has 0 saturated heterocycles. The van der Waals surface area contributed by atoms with Crippen molar-refractivity contribution in [3.63, 3.8) is 0 Å². The summed E-state index contributed by atoms with van der Waals surface area (Å²) in [4.78, 5) is 11.2. The van der Waals surface area contributed by atoms with Crippen LogP contribution in [0.4, 0.5) is 0 Å². The maximum atomic E-state index is 11.2. The number of nitrogens with two attached hydrogens (primary N) is 1. The first-order valence-corrected chi connectivity index (χ1v) is 6.23. The molecule has 17 heavy (non-hydrogen) atoms. The second kappa shape index (κ2) is 3.84. The van der Waals surface area contributed by atoms with Crippen LogP contribution in [0.3, 0.4) is 0 Å². The molecule has 3 nitrogen and oxygen atoms in total. The molecule has 1 saturated carbocycles. The van der Waals surface area contributed by atoms with Crippen LogP contribution in [-0.4, -0.2) is 5.91 Å². The Kier molecular flexibility index (Phi) is 2.44. The molecule has 3 heteroatoms. The van der Waals surface area contributed by atoms with Crippen molar-refractivity contribution >= 4 is 5.91 Å². The van der Waals surface area contributed by atoms with E-state index in [0.717, 1.165) is 25.7 Å². The first-order chi connectivity index (χ1) is 8.21. The van der Waals surface area contributed by atoms with Gasteiger partial charge in [-0.1, -0.05) is 24.3 Å². The molecule has 0 atom stereocenters. The van der Waals surface area contributed by atoms with Gasteiger partial charge in [-0.3, -0.25) is 4.79 Å². The van der Waals surface area contributed by atoms with Crippen LogP contribution in [0.15, 0.2) is 24.3 Å². The molecule has 2 N–H and O–H groups in total. The highest BCUT2D eigenvalue weighted by Crippen LogP contribution is 2.47. The monoisotopic (exact) mass is 231 g/mol. The van der Waals surface area contributed by atoms with E-state index >= 15 is 0 Å². The third-order valence-corrected chi connectivity index (χ3v) is 4.21. The van der Waals surface area contributed by atoms with Crippen molar-refractivity contribution in [2.45, 2.75) is 37.9 Å². The van der Waals surface area contributed by atoms with Crippen LogP contribution in [0, 0.1) is 5.92 Å². The van der Waals surface area contributed by atoms with Crippen molar-refractivity contribution in [2.24, 2.45) is 11.7 Å². The smallest absolute Gasteiger partial charge is 0.220 e. The highest BCUT2D eigenvalue weighted by Gasteiger charge is 2.43. The molecule has 1 spiro atoms. The molecule has 0 aromatic heterocycles. The van der Waals surface area contributed by atoms with E-state index in [0.29, 0.717) is 6.61 Å². The number of ether oxygens (including phenoxy) is 1. The van der Waals surface area contributed by atoms with Gasteiger partial charge in [-0.25, -0.2) is 0 Å². The predicted molar refractivity (Wildman–Crippen MR) is 64.1 cm³/mol. The van der Waals surface area contributed by atoms with Crippen LogP contribution in [0.2, 0.25) is 0 Å². The number of fused-ring (bicyclic) bond motifs is 2. The van der Waals surface area contributed by atoms with Crippen molar-refractivity contribution in [3.8, 4) is 0 Å². The van der Waals surface area contributed by atoms with E-state index in [1.807, 2.05) is 0 Å². The van der Waals surface area contributed by atoms with Crippen molar-refractivity contribution in [3.05, 3.63) is 35.4 Å². The van der Waals surface area contributed by atoms with Crippen molar-refractivity contribution < 1.29 is 9.53 Å². The van der Waals surface area contributed by atoms with Crippen molar-refractivity contribution in [2.75, 3.05) is 0 Å². The number of carbonyl (C=O) groups excluding carboxylic acids is 1. The molecule has 90 valence electrons. The highest BCUT2D eigenvalue weighted by atomic mass is 16.5. The summed E-state index contributed by atoms with van der Waals surface area (Å²) in [5, 5.41) is 0. The second-order valence-corrected chi connectivity index (χ2v) is 5.12. The van der Waals surface area contributed by atoms with Gasteiger partial charge in [0.2, 0.25) is 5.91 Å². The normalized spacial score (nSPS) is 31.4. The van der Waals surface area contributed by atoms with E-state index in [4.69, 9.17) is 10.5 Å².